The maximum atomic E-state index is 12.3. The van der Waals surface area contributed by atoms with Gasteiger partial charge >= 0.3 is 0 Å². The zero-order valence-corrected chi connectivity index (χ0v) is 5.71. The fraction of sp³-hybridized carbons (Fsp3) is 0.125. The van der Waals surface area contributed by atoms with Gasteiger partial charge in [-0.15, -0.1) is 0 Å². The van der Waals surface area contributed by atoms with E-state index in [1.807, 2.05) is 19.1 Å². The second kappa shape index (κ2) is 3.11. The molecule has 0 N–H and O–H groups in total. The lowest BCUT2D eigenvalue weighted by Crippen LogP contribution is -1.80. The SMILES string of the molecule is C/C=C\c1ccnc(F)c1. The van der Waals surface area contributed by atoms with E-state index in [1.165, 1.54) is 12.3 Å². The summed E-state index contributed by atoms with van der Waals surface area (Å²) in [6.45, 7) is 1.89. The number of aromatic nitrogens is 1. The van der Waals surface area contributed by atoms with E-state index >= 15 is 0 Å². The highest BCUT2D eigenvalue weighted by atomic mass is 19.1. The van der Waals surface area contributed by atoms with Crippen LogP contribution in [0, 0.1) is 5.95 Å². The molecule has 10 heavy (non-hydrogen) atoms. The Hall–Kier alpha value is -1.18. The molecular weight excluding hydrogens is 129 g/mol. The van der Waals surface area contributed by atoms with E-state index in [2.05, 4.69) is 4.98 Å². The largest absolute Gasteiger partial charge is 0.228 e. The molecule has 0 spiro atoms. The van der Waals surface area contributed by atoms with Crippen molar-refractivity contribution in [1.82, 2.24) is 4.98 Å². The van der Waals surface area contributed by atoms with Crippen LogP contribution in [0.15, 0.2) is 24.4 Å². The molecular formula is C8H8FN. The Labute approximate surface area is 59.2 Å². The molecule has 2 heteroatoms. The third kappa shape index (κ3) is 1.65. The van der Waals surface area contributed by atoms with Gasteiger partial charge in [-0.05, 0) is 18.6 Å². The Balaban J connectivity index is 2.95. The van der Waals surface area contributed by atoms with E-state index < -0.39 is 5.95 Å². The minimum atomic E-state index is -0.435. The first kappa shape index (κ1) is 6.93. The molecule has 1 aromatic heterocycles. The molecule has 1 nitrogen and oxygen atoms in total. The van der Waals surface area contributed by atoms with Crippen LogP contribution in [0.5, 0.6) is 0 Å². The summed E-state index contributed by atoms with van der Waals surface area (Å²) in [5.74, 6) is -0.435. The first-order valence-corrected chi connectivity index (χ1v) is 3.07. The van der Waals surface area contributed by atoms with Gasteiger partial charge in [0, 0.05) is 12.3 Å². The van der Waals surface area contributed by atoms with Gasteiger partial charge in [0.05, 0.1) is 0 Å². The van der Waals surface area contributed by atoms with Crippen LogP contribution >= 0.6 is 0 Å². The van der Waals surface area contributed by atoms with Gasteiger partial charge in [-0.25, -0.2) is 4.98 Å². The van der Waals surface area contributed by atoms with Crippen molar-refractivity contribution in [3.63, 3.8) is 0 Å². The zero-order valence-electron chi connectivity index (χ0n) is 5.71. The third-order valence-electron chi connectivity index (χ3n) is 1.11. The summed E-state index contributed by atoms with van der Waals surface area (Å²) >= 11 is 0. The van der Waals surface area contributed by atoms with Crippen molar-refractivity contribution in [2.75, 3.05) is 0 Å². The minimum Gasteiger partial charge on any atom is -0.228 e. The van der Waals surface area contributed by atoms with Crippen LogP contribution in [0.25, 0.3) is 6.08 Å². The van der Waals surface area contributed by atoms with Gasteiger partial charge in [-0.3, -0.25) is 0 Å². The Morgan fingerprint density at radius 1 is 1.60 bits per heavy atom. The second-order valence-corrected chi connectivity index (χ2v) is 1.91. The van der Waals surface area contributed by atoms with Gasteiger partial charge in [-0.1, -0.05) is 12.2 Å². The van der Waals surface area contributed by atoms with Crippen molar-refractivity contribution in [2.24, 2.45) is 0 Å². The van der Waals surface area contributed by atoms with Crippen molar-refractivity contribution in [3.8, 4) is 0 Å². The monoisotopic (exact) mass is 137 g/mol. The van der Waals surface area contributed by atoms with Crippen LogP contribution in [0.1, 0.15) is 12.5 Å². The molecule has 0 unspecified atom stereocenters. The molecule has 0 saturated heterocycles. The standard InChI is InChI=1S/C8H8FN/c1-2-3-7-4-5-10-8(9)6-7/h2-6H,1H3/b3-2-. The lowest BCUT2D eigenvalue weighted by atomic mass is 10.2. The quantitative estimate of drug-likeness (QED) is 0.541. The van der Waals surface area contributed by atoms with Crippen LogP contribution in [0.3, 0.4) is 0 Å². The van der Waals surface area contributed by atoms with Crippen molar-refractivity contribution >= 4 is 6.08 Å². The molecule has 1 heterocycles. The van der Waals surface area contributed by atoms with Crippen LogP contribution in [0.2, 0.25) is 0 Å². The van der Waals surface area contributed by atoms with E-state index in [0.29, 0.717) is 0 Å². The highest BCUT2D eigenvalue weighted by Gasteiger charge is 1.89. The summed E-state index contributed by atoms with van der Waals surface area (Å²) in [7, 11) is 0. The van der Waals surface area contributed by atoms with E-state index in [1.54, 1.807) is 6.07 Å². The molecule has 0 aliphatic heterocycles. The highest BCUT2D eigenvalue weighted by Crippen LogP contribution is 2.01. The molecule has 0 aliphatic carbocycles. The van der Waals surface area contributed by atoms with Crippen molar-refractivity contribution in [3.05, 3.63) is 35.9 Å². The Morgan fingerprint density at radius 3 is 3.00 bits per heavy atom. The van der Waals surface area contributed by atoms with Crippen LogP contribution < -0.4 is 0 Å². The van der Waals surface area contributed by atoms with E-state index in [-0.39, 0.29) is 0 Å². The number of allylic oxidation sites excluding steroid dienone is 1. The summed E-state index contributed by atoms with van der Waals surface area (Å²) in [6.07, 6.45) is 5.13. The van der Waals surface area contributed by atoms with Gasteiger partial charge in [0.25, 0.3) is 0 Å². The van der Waals surface area contributed by atoms with Crippen LogP contribution in [-0.4, -0.2) is 4.98 Å². The number of hydrogen-bond acceptors (Lipinski definition) is 1. The van der Waals surface area contributed by atoms with Crippen LogP contribution in [0.4, 0.5) is 4.39 Å². The highest BCUT2D eigenvalue weighted by molar-refractivity contribution is 5.47. The Morgan fingerprint density at radius 2 is 2.40 bits per heavy atom. The maximum Gasteiger partial charge on any atom is 0.213 e. The molecule has 0 atom stereocenters. The predicted octanol–water partition coefficient (Wildman–Crippen LogP) is 2.25. The fourth-order valence-corrected chi connectivity index (χ4v) is 0.714. The average molecular weight is 137 g/mol. The lowest BCUT2D eigenvalue weighted by Gasteiger charge is -1.89. The molecule has 0 aromatic carbocycles. The molecule has 0 radical (unpaired) electrons. The summed E-state index contributed by atoms with van der Waals surface area (Å²) in [5.41, 5.74) is 0.843. The maximum absolute atomic E-state index is 12.3. The van der Waals surface area contributed by atoms with E-state index in [0.717, 1.165) is 5.56 Å². The topological polar surface area (TPSA) is 12.9 Å². The van der Waals surface area contributed by atoms with Crippen molar-refractivity contribution < 1.29 is 4.39 Å². The van der Waals surface area contributed by atoms with Gasteiger partial charge in [-0.2, -0.15) is 4.39 Å². The number of pyridine rings is 1. The predicted molar refractivity (Wildman–Crippen MR) is 38.9 cm³/mol. The first-order valence-electron chi connectivity index (χ1n) is 3.07. The van der Waals surface area contributed by atoms with Gasteiger partial charge < -0.3 is 0 Å². The van der Waals surface area contributed by atoms with Crippen molar-refractivity contribution in [2.45, 2.75) is 6.92 Å². The summed E-state index contributed by atoms with van der Waals surface area (Å²) in [5, 5.41) is 0. The normalized spacial score (nSPS) is 10.6. The zero-order chi connectivity index (χ0) is 7.40. The summed E-state index contributed by atoms with van der Waals surface area (Å²) in [6, 6.07) is 3.14. The molecule has 0 amide bonds. The minimum absolute atomic E-state index is 0.435. The number of hydrogen-bond donors (Lipinski definition) is 0. The average Bonchev–Trinajstić information content (AvgIpc) is 1.88. The smallest absolute Gasteiger partial charge is 0.213 e. The summed E-state index contributed by atoms with van der Waals surface area (Å²) in [4.78, 5) is 3.42. The molecule has 0 saturated carbocycles. The molecule has 1 aromatic rings. The number of nitrogens with zero attached hydrogens (tertiary/aromatic N) is 1. The Kier molecular flexibility index (Phi) is 2.15. The van der Waals surface area contributed by atoms with E-state index in [9.17, 15) is 4.39 Å². The molecule has 52 valence electrons. The van der Waals surface area contributed by atoms with E-state index in [4.69, 9.17) is 0 Å². The van der Waals surface area contributed by atoms with Gasteiger partial charge in [0.2, 0.25) is 5.95 Å². The number of rotatable bonds is 1. The van der Waals surface area contributed by atoms with Gasteiger partial charge in [0.15, 0.2) is 0 Å². The summed E-state index contributed by atoms with van der Waals surface area (Å²) < 4.78 is 12.3. The molecule has 1 rings (SSSR count). The Bertz CT molecular complexity index is 243. The molecule has 0 bridgehead atoms. The third-order valence-corrected chi connectivity index (χ3v) is 1.11. The van der Waals surface area contributed by atoms with Crippen molar-refractivity contribution in [1.29, 1.82) is 0 Å². The van der Waals surface area contributed by atoms with Gasteiger partial charge in [0.1, 0.15) is 0 Å². The van der Waals surface area contributed by atoms with Crippen LogP contribution in [-0.2, 0) is 0 Å². The lowest BCUT2D eigenvalue weighted by molar-refractivity contribution is 0.583. The molecule has 0 aliphatic rings. The number of halogens is 1. The molecule has 0 fully saturated rings. The first-order chi connectivity index (χ1) is 4.83. The second-order valence-electron chi connectivity index (χ2n) is 1.91. The fourth-order valence-electron chi connectivity index (χ4n) is 0.714.